The molecule has 0 fully saturated rings. The summed E-state index contributed by atoms with van der Waals surface area (Å²) in [6, 6.07) is 64.3. The van der Waals surface area contributed by atoms with Gasteiger partial charge in [-0.2, -0.15) is 0 Å². The molecule has 8 aromatic carbocycles. The molecule has 1 unspecified atom stereocenters. The molecule has 2 aliphatic rings. The second kappa shape index (κ2) is 9.82. The number of hydrogen-bond acceptors (Lipinski definition) is 2. The van der Waals surface area contributed by atoms with Gasteiger partial charge < -0.3 is 9.32 Å². The van der Waals surface area contributed by atoms with Crippen LogP contribution in [0.5, 0.6) is 0 Å². The molecule has 49 heavy (non-hydrogen) atoms. The van der Waals surface area contributed by atoms with Gasteiger partial charge in [-0.15, -0.1) is 0 Å². The van der Waals surface area contributed by atoms with E-state index in [1.807, 2.05) is 6.07 Å². The van der Waals surface area contributed by atoms with Crippen LogP contribution in [0.1, 0.15) is 22.3 Å². The summed E-state index contributed by atoms with van der Waals surface area (Å²) in [7, 11) is 0. The molecule has 2 heteroatoms. The van der Waals surface area contributed by atoms with E-state index in [1.165, 1.54) is 55.3 Å². The highest BCUT2D eigenvalue weighted by Gasteiger charge is 2.50. The van der Waals surface area contributed by atoms with Crippen LogP contribution in [-0.4, -0.2) is 0 Å². The maximum atomic E-state index is 6.64. The van der Waals surface area contributed by atoms with E-state index in [9.17, 15) is 0 Å². The average Bonchev–Trinajstić information content (AvgIpc) is 3.69. The van der Waals surface area contributed by atoms with Crippen molar-refractivity contribution in [3.8, 4) is 22.3 Å². The van der Waals surface area contributed by atoms with E-state index in [2.05, 4.69) is 175 Å². The zero-order chi connectivity index (χ0) is 32.1. The van der Waals surface area contributed by atoms with Crippen molar-refractivity contribution in [2.45, 2.75) is 5.41 Å². The maximum absolute atomic E-state index is 6.64. The van der Waals surface area contributed by atoms with Crippen molar-refractivity contribution in [3.63, 3.8) is 0 Å². The molecule has 1 atom stereocenters. The van der Waals surface area contributed by atoms with Gasteiger partial charge in [0.1, 0.15) is 5.58 Å². The lowest BCUT2D eigenvalue weighted by Crippen LogP contribution is -2.32. The second-order valence-electron chi connectivity index (χ2n) is 13.2. The third-order valence-electron chi connectivity index (χ3n) is 10.9. The van der Waals surface area contributed by atoms with Crippen molar-refractivity contribution in [3.05, 3.63) is 198 Å². The molecule has 2 nitrogen and oxygen atoms in total. The topological polar surface area (TPSA) is 16.4 Å². The van der Waals surface area contributed by atoms with E-state index in [0.717, 1.165) is 39.0 Å². The number of furan rings is 1. The molecule has 2 aliphatic carbocycles. The molecule has 9 aromatic rings. The molecule has 228 valence electrons. The lowest BCUT2D eigenvalue weighted by Gasteiger charge is -2.40. The summed E-state index contributed by atoms with van der Waals surface area (Å²) in [4.78, 5) is 2.37. The van der Waals surface area contributed by atoms with Gasteiger partial charge in [0.05, 0.1) is 11.1 Å². The van der Waals surface area contributed by atoms with Crippen LogP contribution in [0, 0.1) is 0 Å². The Kier molecular flexibility index (Phi) is 5.34. The van der Waals surface area contributed by atoms with E-state index >= 15 is 0 Å². The number of para-hydroxylation sites is 3. The van der Waals surface area contributed by atoms with Crippen LogP contribution in [0.3, 0.4) is 0 Å². The van der Waals surface area contributed by atoms with Gasteiger partial charge in [-0.05, 0) is 91.7 Å². The highest BCUT2D eigenvalue weighted by molar-refractivity contribution is 6.11. The predicted molar refractivity (Wildman–Crippen MR) is 202 cm³/mol. The number of benzene rings is 8. The number of fused-ring (bicyclic) bond motifs is 12. The van der Waals surface area contributed by atoms with Crippen LogP contribution in [-0.2, 0) is 5.41 Å². The Morgan fingerprint density at radius 1 is 0.408 bits per heavy atom. The van der Waals surface area contributed by atoms with Crippen molar-refractivity contribution in [2.75, 3.05) is 4.90 Å². The molecule has 1 heterocycles. The van der Waals surface area contributed by atoms with Crippen molar-refractivity contribution in [1.29, 1.82) is 0 Å². The largest absolute Gasteiger partial charge is 0.454 e. The second-order valence-corrected chi connectivity index (χ2v) is 13.2. The smallest absolute Gasteiger partial charge is 0.159 e. The Morgan fingerprint density at radius 3 is 1.86 bits per heavy atom. The fourth-order valence-electron chi connectivity index (χ4n) is 8.97. The molecule has 11 rings (SSSR count). The first-order chi connectivity index (χ1) is 24.3. The summed E-state index contributed by atoms with van der Waals surface area (Å²) in [6.07, 6.45) is 0. The van der Waals surface area contributed by atoms with Gasteiger partial charge in [-0.1, -0.05) is 140 Å². The zero-order valence-corrected chi connectivity index (χ0v) is 26.6. The molecule has 1 aromatic heterocycles. The van der Waals surface area contributed by atoms with Crippen molar-refractivity contribution in [1.82, 2.24) is 0 Å². The lowest BCUT2D eigenvalue weighted by molar-refractivity contribution is 0.669. The minimum atomic E-state index is -0.486. The van der Waals surface area contributed by atoms with E-state index in [0.29, 0.717) is 0 Å². The van der Waals surface area contributed by atoms with Crippen LogP contribution in [0.25, 0.3) is 55.0 Å². The number of rotatable bonds is 3. The molecule has 0 saturated heterocycles. The van der Waals surface area contributed by atoms with Crippen LogP contribution in [0.15, 0.2) is 180 Å². The van der Waals surface area contributed by atoms with Crippen molar-refractivity contribution >= 4 is 49.8 Å². The van der Waals surface area contributed by atoms with Gasteiger partial charge >= 0.3 is 0 Å². The Hall–Kier alpha value is -6.38. The van der Waals surface area contributed by atoms with Gasteiger partial charge in [-0.25, -0.2) is 0 Å². The molecule has 1 spiro atoms. The first-order valence-electron chi connectivity index (χ1n) is 16.9. The number of nitrogens with zero attached hydrogens (tertiary/aromatic N) is 1. The summed E-state index contributed by atoms with van der Waals surface area (Å²) < 4.78 is 6.64. The molecule has 0 saturated carbocycles. The molecular weight excluding hydrogens is 595 g/mol. The Bertz CT molecular complexity index is 2790. The Balaban J connectivity index is 1.25. The Labute approximate surface area is 284 Å². The molecule has 0 N–H and O–H groups in total. The molecule has 0 radical (unpaired) electrons. The monoisotopic (exact) mass is 623 g/mol. The lowest BCUT2D eigenvalue weighted by atomic mass is 9.61. The van der Waals surface area contributed by atoms with Gasteiger partial charge in [-0.3, -0.25) is 0 Å². The highest BCUT2D eigenvalue weighted by atomic mass is 16.3. The number of hydrogen-bond donors (Lipinski definition) is 0. The standard InChI is InChI=1S/C47H29NO/c1-2-15-31(16-3-1)48(43-25-12-21-38-36-19-6-9-26-44(36)49-46(38)43)32-27-28-35-33-17-4-7-22-39(33)47(42(35)29-32)40-23-8-5-18-34(40)37-20-10-13-30-14-11-24-41(47)45(30)37/h1-29H. The fraction of sp³-hybridized carbons (Fsp3) is 0.0213. The van der Waals surface area contributed by atoms with E-state index < -0.39 is 5.41 Å². The quantitative estimate of drug-likeness (QED) is 0.195. The summed E-state index contributed by atoms with van der Waals surface area (Å²) in [5.74, 6) is 0. The predicted octanol–water partition coefficient (Wildman–Crippen LogP) is 12.6. The minimum Gasteiger partial charge on any atom is -0.454 e. The summed E-state index contributed by atoms with van der Waals surface area (Å²) >= 11 is 0. The van der Waals surface area contributed by atoms with Crippen LogP contribution < -0.4 is 4.90 Å². The SMILES string of the molecule is c1ccc(N(c2ccc3c(c2)C2(c4ccccc4-3)c3ccccc3-c3cccc4cccc2c34)c2cccc3c2oc2ccccc23)cc1. The third-order valence-corrected chi connectivity index (χ3v) is 10.9. The van der Waals surface area contributed by atoms with Gasteiger partial charge in [0.2, 0.25) is 0 Å². The van der Waals surface area contributed by atoms with Gasteiger partial charge in [0.25, 0.3) is 0 Å². The zero-order valence-electron chi connectivity index (χ0n) is 26.6. The number of anilines is 3. The minimum absolute atomic E-state index is 0.486. The van der Waals surface area contributed by atoms with Crippen LogP contribution in [0.4, 0.5) is 17.1 Å². The normalized spacial score (nSPS) is 15.4. The summed E-state index contributed by atoms with van der Waals surface area (Å²) in [6.45, 7) is 0. The molecule has 0 amide bonds. The van der Waals surface area contributed by atoms with Crippen molar-refractivity contribution < 1.29 is 4.42 Å². The van der Waals surface area contributed by atoms with Gasteiger partial charge in [0.15, 0.2) is 5.58 Å². The molecule has 0 bridgehead atoms. The molecule has 0 aliphatic heterocycles. The first-order valence-corrected chi connectivity index (χ1v) is 16.9. The summed E-state index contributed by atoms with van der Waals surface area (Å²) in [5.41, 5.74) is 15.0. The van der Waals surface area contributed by atoms with Crippen LogP contribution in [0.2, 0.25) is 0 Å². The fourth-order valence-corrected chi connectivity index (χ4v) is 8.97. The average molecular weight is 624 g/mol. The van der Waals surface area contributed by atoms with Crippen LogP contribution >= 0.6 is 0 Å². The first kappa shape index (κ1) is 26.7. The van der Waals surface area contributed by atoms with Crippen molar-refractivity contribution in [2.24, 2.45) is 0 Å². The highest BCUT2D eigenvalue weighted by Crippen LogP contribution is 2.62. The van der Waals surface area contributed by atoms with E-state index in [1.54, 1.807) is 0 Å². The summed E-state index contributed by atoms with van der Waals surface area (Å²) in [5, 5.41) is 4.85. The maximum Gasteiger partial charge on any atom is 0.159 e. The van der Waals surface area contributed by atoms with Gasteiger partial charge in [0, 0.05) is 22.1 Å². The Morgan fingerprint density at radius 2 is 1.02 bits per heavy atom. The third kappa shape index (κ3) is 3.45. The van der Waals surface area contributed by atoms with E-state index in [-0.39, 0.29) is 0 Å². The van der Waals surface area contributed by atoms with E-state index in [4.69, 9.17) is 4.42 Å². The molecular formula is C47H29NO.